The normalized spacial score (nSPS) is 10.4. The largest absolute Gasteiger partial charge is 0.508 e. The van der Waals surface area contributed by atoms with Crippen LogP contribution in [0.4, 0.5) is 0 Å². The molecule has 0 aliphatic carbocycles. The molecule has 0 radical (unpaired) electrons. The Morgan fingerprint density at radius 1 is 0.773 bits per heavy atom. The Labute approximate surface area is 141 Å². The molecule has 0 atom stereocenters. The van der Waals surface area contributed by atoms with Crippen molar-refractivity contribution in [3.63, 3.8) is 0 Å². The molecule has 22 heavy (non-hydrogen) atoms. The summed E-state index contributed by atoms with van der Waals surface area (Å²) in [6, 6.07) is 22.3. The van der Waals surface area contributed by atoms with Crippen LogP contribution in [0.2, 0.25) is 0 Å². The van der Waals surface area contributed by atoms with Crippen molar-refractivity contribution in [1.82, 2.24) is 5.32 Å². The fourth-order valence-electron chi connectivity index (χ4n) is 2.50. The molecule has 3 aromatic rings. The van der Waals surface area contributed by atoms with Gasteiger partial charge in [-0.3, -0.25) is 0 Å². The predicted octanol–water partition coefficient (Wildman–Crippen LogP) is 4.46. The van der Waals surface area contributed by atoms with Crippen LogP contribution in [0, 0.1) is 0 Å². The summed E-state index contributed by atoms with van der Waals surface area (Å²) in [5, 5.41) is 15.2. The number of benzene rings is 3. The number of phenols is 1. The molecule has 2 N–H and O–H groups in total. The Balaban J connectivity index is 0.00000176. The predicted molar refractivity (Wildman–Crippen MR) is 97.8 cm³/mol. The summed E-state index contributed by atoms with van der Waals surface area (Å²) in [5.74, 6) is 0.319. The van der Waals surface area contributed by atoms with Crippen molar-refractivity contribution in [3.8, 4) is 5.75 Å². The second kappa shape index (κ2) is 7.97. The Morgan fingerprint density at radius 3 is 2.32 bits per heavy atom. The van der Waals surface area contributed by atoms with Gasteiger partial charge < -0.3 is 10.4 Å². The molecule has 0 heterocycles. The van der Waals surface area contributed by atoms with Gasteiger partial charge in [0.05, 0.1) is 0 Å². The lowest BCUT2D eigenvalue weighted by Crippen LogP contribution is -2.16. The van der Waals surface area contributed by atoms with E-state index in [0.717, 1.165) is 24.9 Å². The highest BCUT2D eigenvalue weighted by molar-refractivity contribution is 8.93. The molecular weight excluding hydrogens is 338 g/mol. The molecule has 0 unspecified atom stereocenters. The zero-order valence-electron chi connectivity index (χ0n) is 12.3. The molecule has 0 aromatic heterocycles. The number of rotatable bonds is 5. The summed E-state index contributed by atoms with van der Waals surface area (Å²) in [7, 11) is 0. The third-order valence-electron chi connectivity index (χ3n) is 3.65. The van der Waals surface area contributed by atoms with Crippen molar-refractivity contribution in [2.45, 2.75) is 13.0 Å². The number of nitrogens with one attached hydrogen (secondary N) is 1. The van der Waals surface area contributed by atoms with E-state index in [9.17, 15) is 5.11 Å². The quantitative estimate of drug-likeness (QED) is 0.661. The Bertz CT molecular complexity index is 728. The molecule has 0 saturated carbocycles. The van der Waals surface area contributed by atoms with Crippen LogP contribution in [-0.2, 0) is 13.0 Å². The Kier molecular flexibility index (Phi) is 5.99. The molecule has 0 aliphatic rings. The Morgan fingerprint density at radius 2 is 1.50 bits per heavy atom. The minimum absolute atomic E-state index is 0. The van der Waals surface area contributed by atoms with Gasteiger partial charge in [-0.15, -0.1) is 17.0 Å². The zero-order chi connectivity index (χ0) is 14.5. The number of fused-ring (bicyclic) bond motifs is 1. The standard InChI is InChI=1S/C19H19NO.BrH/c21-19-9-8-17-12-15(6-7-18(17)13-19)10-11-20-14-16-4-2-1-3-5-16;/h1-9,12-13,20-21H,10-11,14H2;1H. The number of hydrogen-bond acceptors (Lipinski definition) is 2. The van der Waals surface area contributed by atoms with E-state index < -0.39 is 0 Å². The van der Waals surface area contributed by atoms with Crippen molar-refractivity contribution >= 4 is 27.8 Å². The average molecular weight is 358 g/mol. The third-order valence-corrected chi connectivity index (χ3v) is 3.65. The maximum absolute atomic E-state index is 9.47. The summed E-state index contributed by atoms with van der Waals surface area (Å²) in [5.41, 5.74) is 2.63. The van der Waals surface area contributed by atoms with Crippen molar-refractivity contribution in [3.05, 3.63) is 77.9 Å². The highest BCUT2D eigenvalue weighted by Crippen LogP contribution is 2.21. The van der Waals surface area contributed by atoms with Gasteiger partial charge in [-0.1, -0.05) is 54.6 Å². The van der Waals surface area contributed by atoms with Crippen LogP contribution in [0.5, 0.6) is 5.75 Å². The number of aromatic hydroxyl groups is 1. The lowest BCUT2D eigenvalue weighted by atomic mass is 10.0. The van der Waals surface area contributed by atoms with Crippen LogP contribution in [0.15, 0.2) is 66.7 Å². The topological polar surface area (TPSA) is 32.3 Å². The number of phenolic OH excluding ortho intramolecular Hbond substituents is 1. The number of hydrogen-bond donors (Lipinski definition) is 2. The van der Waals surface area contributed by atoms with E-state index in [0.29, 0.717) is 5.75 Å². The SMILES string of the molecule is Br.Oc1ccc2cc(CCNCc3ccccc3)ccc2c1. The fraction of sp³-hybridized carbons (Fsp3) is 0.158. The minimum Gasteiger partial charge on any atom is -0.508 e. The second-order valence-electron chi connectivity index (χ2n) is 5.28. The molecule has 0 saturated heterocycles. The zero-order valence-corrected chi connectivity index (χ0v) is 14.0. The first-order valence-corrected chi connectivity index (χ1v) is 7.27. The smallest absolute Gasteiger partial charge is 0.116 e. The highest BCUT2D eigenvalue weighted by atomic mass is 79.9. The van der Waals surface area contributed by atoms with Gasteiger partial charge in [0.15, 0.2) is 0 Å². The molecular formula is C19H20BrNO. The van der Waals surface area contributed by atoms with Gasteiger partial charge in [0.2, 0.25) is 0 Å². The number of halogens is 1. The molecule has 114 valence electrons. The first-order chi connectivity index (χ1) is 10.3. The van der Waals surface area contributed by atoms with Gasteiger partial charge in [0, 0.05) is 6.54 Å². The highest BCUT2D eigenvalue weighted by Gasteiger charge is 1.98. The van der Waals surface area contributed by atoms with E-state index in [1.807, 2.05) is 12.1 Å². The van der Waals surface area contributed by atoms with Gasteiger partial charge >= 0.3 is 0 Å². The lowest BCUT2D eigenvalue weighted by molar-refractivity contribution is 0.476. The maximum Gasteiger partial charge on any atom is 0.116 e. The van der Waals surface area contributed by atoms with E-state index in [-0.39, 0.29) is 17.0 Å². The maximum atomic E-state index is 9.47. The van der Waals surface area contributed by atoms with Crippen molar-refractivity contribution in [2.24, 2.45) is 0 Å². The van der Waals surface area contributed by atoms with Gasteiger partial charge in [0.25, 0.3) is 0 Å². The van der Waals surface area contributed by atoms with Gasteiger partial charge in [-0.2, -0.15) is 0 Å². The Hall–Kier alpha value is -1.84. The summed E-state index contributed by atoms with van der Waals surface area (Å²) >= 11 is 0. The summed E-state index contributed by atoms with van der Waals surface area (Å²) in [6.07, 6.45) is 1.00. The van der Waals surface area contributed by atoms with Crippen LogP contribution in [-0.4, -0.2) is 11.7 Å². The molecule has 3 aromatic carbocycles. The molecule has 3 rings (SSSR count). The lowest BCUT2D eigenvalue weighted by Gasteiger charge is -2.06. The first kappa shape index (κ1) is 16.5. The van der Waals surface area contributed by atoms with Gasteiger partial charge in [0.1, 0.15) is 5.75 Å². The molecule has 0 fully saturated rings. The van der Waals surface area contributed by atoms with E-state index in [2.05, 4.69) is 47.8 Å². The van der Waals surface area contributed by atoms with Crippen LogP contribution in [0.3, 0.4) is 0 Å². The van der Waals surface area contributed by atoms with E-state index in [1.54, 1.807) is 12.1 Å². The van der Waals surface area contributed by atoms with Crippen molar-refractivity contribution < 1.29 is 5.11 Å². The van der Waals surface area contributed by atoms with Gasteiger partial charge in [-0.25, -0.2) is 0 Å². The van der Waals surface area contributed by atoms with Crippen LogP contribution < -0.4 is 5.32 Å². The summed E-state index contributed by atoms with van der Waals surface area (Å²) < 4.78 is 0. The molecule has 0 spiro atoms. The van der Waals surface area contributed by atoms with E-state index in [4.69, 9.17) is 0 Å². The van der Waals surface area contributed by atoms with Crippen molar-refractivity contribution in [1.29, 1.82) is 0 Å². The average Bonchev–Trinajstić information content (AvgIpc) is 2.52. The molecule has 0 aliphatic heterocycles. The first-order valence-electron chi connectivity index (χ1n) is 7.27. The van der Waals surface area contributed by atoms with Crippen LogP contribution in [0.25, 0.3) is 10.8 Å². The monoisotopic (exact) mass is 357 g/mol. The van der Waals surface area contributed by atoms with Crippen LogP contribution in [0.1, 0.15) is 11.1 Å². The van der Waals surface area contributed by atoms with Crippen LogP contribution >= 0.6 is 17.0 Å². The molecule has 0 amide bonds. The van der Waals surface area contributed by atoms with Gasteiger partial charge in [-0.05, 0) is 47.0 Å². The summed E-state index contributed by atoms with van der Waals surface area (Å²) in [6.45, 7) is 1.86. The van der Waals surface area contributed by atoms with Crippen molar-refractivity contribution in [2.75, 3.05) is 6.54 Å². The molecule has 0 bridgehead atoms. The molecule has 2 nitrogen and oxygen atoms in total. The minimum atomic E-state index is 0. The van der Waals surface area contributed by atoms with E-state index >= 15 is 0 Å². The summed E-state index contributed by atoms with van der Waals surface area (Å²) in [4.78, 5) is 0. The fourth-order valence-corrected chi connectivity index (χ4v) is 2.50. The third kappa shape index (κ3) is 4.33. The molecule has 3 heteroatoms. The second-order valence-corrected chi connectivity index (χ2v) is 5.28. The van der Waals surface area contributed by atoms with E-state index in [1.165, 1.54) is 16.5 Å².